The zero-order valence-electron chi connectivity index (χ0n) is 15.6. The van der Waals surface area contributed by atoms with E-state index in [4.69, 9.17) is 0 Å². The minimum absolute atomic E-state index is 0. The molecule has 128 valence electrons. The summed E-state index contributed by atoms with van der Waals surface area (Å²) in [6, 6.07) is 13.4. The van der Waals surface area contributed by atoms with E-state index in [0.29, 0.717) is 0 Å². The Morgan fingerprint density at radius 2 is 1.04 bits per heavy atom. The second kappa shape index (κ2) is 14.0. The quantitative estimate of drug-likeness (QED) is 0.297. The molecule has 0 amide bonds. The van der Waals surface area contributed by atoms with Crippen LogP contribution in [-0.4, -0.2) is 0 Å². The maximum Gasteiger partial charge on any atom is 0 e. The molecular formula is C22H34Hf-2. The number of hydrogen-bond donors (Lipinski definition) is 0. The van der Waals surface area contributed by atoms with E-state index in [0.717, 1.165) is 0 Å². The van der Waals surface area contributed by atoms with Gasteiger partial charge < -0.3 is 0 Å². The van der Waals surface area contributed by atoms with E-state index in [1.807, 2.05) is 0 Å². The molecule has 0 aromatic heterocycles. The first kappa shape index (κ1) is 22.6. The molecule has 2 aromatic carbocycles. The Balaban J connectivity index is 0.000000403. The molecule has 2 rings (SSSR count). The van der Waals surface area contributed by atoms with Crippen LogP contribution < -0.4 is 0 Å². The maximum atomic E-state index is 2.26. The standard InChI is InChI=1S/2C11H17.Hf/c2*1-3-6-10-8-5-9-11(10)7-4-2;/h2*5,8-9H,3-4,6-7H2,1-2H3;/q2*-1;. The molecule has 0 radical (unpaired) electrons. The summed E-state index contributed by atoms with van der Waals surface area (Å²) in [6.07, 6.45) is 10.1. The maximum absolute atomic E-state index is 2.26. The van der Waals surface area contributed by atoms with Gasteiger partial charge in [0.2, 0.25) is 0 Å². The van der Waals surface area contributed by atoms with Crippen molar-refractivity contribution in [3.05, 3.63) is 58.7 Å². The second-order valence-electron chi connectivity index (χ2n) is 6.15. The smallest absolute Gasteiger partial charge is 0 e. The summed E-state index contributed by atoms with van der Waals surface area (Å²) >= 11 is 0. The van der Waals surface area contributed by atoms with Crippen molar-refractivity contribution >= 4 is 0 Å². The van der Waals surface area contributed by atoms with Crippen molar-refractivity contribution < 1.29 is 25.8 Å². The van der Waals surface area contributed by atoms with E-state index in [-0.39, 0.29) is 25.8 Å². The molecule has 0 N–H and O–H groups in total. The van der Waals surface area contributed by atoms with Gasteiger partial charge in [-0.15, -0.1) is 0 Å². The Morgan fingerprint density at radius 1 is 0.652 bits per heavy atom. The first-order chi connectivity index (χ1) is 10.8. The van der Waals surface area contributed by atoms with Gasteiger partial charge in [0.15, 0.2) is 0 Å². The van der Waals surface area contributed by atoms with Crippen molar-refractivity contribution in [1.29, 1.82) is 0 Å². The van der Waals surface area contributed by atoms with Gasteiger partial charge in [-0.3, -0.25) is 0 Å². The predicted molar refractivity (Wildman–Crippen MR) is 100 cm³/mol. The van der Waals surface area contributed by atoms with Crippen LogP contribution in [0, 0.1) is 0 Å². The van der Waals surface area contributed by atoms with Crippen LogP contribution in [0.4, 0.5) is 0 Å². The van der Waals surface area contributed by atoms with E-state index < -0.39 is 0 Å². The molecule has 2 aromatic rings. The van der Waals surface area contributed by atoms with Gasteiger partial charge in [-0.25, -0.2) is 24.3 Å². The molecule has 0 spiro atoms. The monoisotopic (exact) mass is 478 g/mol. The van der Waals surface area contributed by atoms with Crippen molar-refractivity contribution in [2.75, 3.05) is 0 Å². The summed E-state index contributed by atoms with van der Waals surface area (Å²) in [7, 11) is 0. The van der Waals surface area contributed by atoms with Crippen LogP contribution >= 0.6 is 0 Å². The third-order valence-electron chi connectivity index (χ3n) is 4.09. The van der Waals surface area contributed by atoms with Crippen LogP contribution in [0.2, 0.25) is 0 Å². The van der Waals surface area contributed by atoms with Crippen molar-refractivity contribution in [3.63, 3.8) is 0 Å². The molecule has 0 heterocycles. The first-order valence-corrected chi connectivity index (χ1v) is 9.23. The first-order valence-electron chi connectivity index (χ1n) is 9.23. The number of aryl methyl sites for hydroxylation is 4. The summed E-state index contributed by atoms with van der Waals surface area (Å²) in [5, 5.41) is 0. The van der Waals surface area contributed by atoms with Gasteiger partial charge in [0.25, 0.3) is 0 Å². The van der Waals surface area contributed by atoms with Gasteiger partial charge >= 0.3 is 0 Å². The fraction of sp³-hybridized carbons (Fsp3) is 0.545. The van der Waals surface area contributed by atoms with Crippen LogP contribution in [0.5, 0.6) is 0 Å². The Morgan fingerprint density at radius 3 is 1.35 bits per heavy atom. The van der Waals surface area contributed by atoms with Crippen LogP contribution in [0.1, 0.15) is 75.6 Å². The summed E-state index contributed by atoms with van der Waals surface area (Å²) in [4.78, 5) is 0. The second-order valence-corrected chi connectivity index (χ2v) is 6.15. The summed E-state index contributed by atoms with van der Waals surface area (Å²) in [5.41, 5.74) is 6.26. The molecular weight excluding hydrogens is 443 g/mol. The van der Waals surface area contributed by atoms with Gasteiger partial charge in [0.05, 0.1) is 0 Å². The summed E-state index contributed by atoms with van der Waals surface area (Å²) < 4.78 is 0. The van der Waals surface area contributed by atoms with E-state index >= 15 is 0 Å². The van der Waals surface area contributed by atoms with Gasteiger partial charge in [0.1, 0.15) is 0 Å². The average Bonchev–Trinajstić information content (AvgIpc) is 3.12. The zero-order chi connectivity index (χ0) is 16.2. The molecule has 0 atom stereocenters. The van der Waals surface area contributed by atoms with Crippen molar-refractivity contribution in [3.8, 4) is 0 Å². The molecule has 1 heteroatoms. The minimum atomic E-state index is 0. The molecule has 23 heavy (non-hydrogen) atoms. The molecule has 0 aliphatic rings. The average molecular weight is 477 g/mol. The molecule has 0 aliphatic heterocycles. The third kappa shape index (κ3) is 8.29. The molecule has 0 nitrogen and oxygen atoms in total. The van der Waals surface area contributed by atoms with E-state index in [1.54, 1.807) is 22.3 Å². The Kier molecular flexibility index (Phi) is 13.7. The van der Waals surface area contributed by atoms with Crippen LogP contribution in [0.15, 0.2) is 36.4 Å². The Labute approximate surface area is 163 Å². The molecule has 0 unspecified atom stereocenters. The SMILES string of the molecule is CCCc1ccc[c-]1CCC.CCCc1ccc[c-]1CCC.[Hf]. The molecule has 0 aliphatic carbocycles. The molecule has 0 saturated carbocycles. The largest absolute Gasteiger partial charge is 0.213 e. The number of rotatable bonds is 8. The van der Waals surface area contributed by atoms with Crippen LogP contribution in [-0.2, 0) is 51.5 Å². The predicted octanol–water partition coefficient (Wildman–Crippen LogP) is 6.62. The fourth-order valence-electron chi connectivity index (χ4n) is 3.04. The minimum Gasteiger partial charge on any atom is -0.213 e. The van der Waals surface area contributed by atoms with Gasteiger partial charge in [-0.2, -0.15) is 34.4 Å². The number of hydrogen-bond acceptors (Lipinski definition) is 0. The fourth-order valence-corrected chi connectivity index (χ4v) is 3.04. The summed E-state index contributed by atoms with van der Waals surface area (Å²) in [5.74, 6) is 0. The van der Waals surface area contributed by atoms with Gasteiger partial charge in [-0.1, -0.05) is 79.1 Å². The van der Waals surface area contributed by atoms with E-state index in [9.17, 15) is 0 Å². The molecule has 0 saturated heterocycles. The van der Waals surface area contributed by atoms with Crippen LogP contribution in [0.25, 0.3) is 0 Å². The van der Waals surface area contributed by atoms with Crippen molar-refractivity contribution in [1.82, 2.24) is 0 Å². The van der Waals surface area contributed by atoms with E-state index in [1.165, 1.54) is 51.4 Å². The normalized spacial score (nSPS) is 9.91. The molecule has 0 fully saturated rings. The van der Waals surface area contributed by atoms with Crippen molar-refractivity contribution in [2.45, 2.75) is 79.1 Å². The Bertz CT molecular complexity index is 402. The van der Waals surface area contributed by atoms with Crippen molar-refractivity contribution in [2.24, 2.45) is 0 Å². The zero-order valence-corrected chi connectivity index (χ0v) is 19.2. The Hall–Kier alpha value is -0.430. The van der Waals surface area contributed by atoms with Gasteiger partial charge in [0, 0.05) is 25.8 Å². The van der Waals surface area contributed by atoms with Gasteiger partial charge in [-0.05, 0) is 0 Å². The molecule has 0 bridgehead atoms. The third-order valence-corrected chi connectivity index (χ3v) is 4.09. The topological polar surface area (TPSA) is 0 Å². The van der Waals surface area contributed by atoms with Crippen LogP contribution in [0.3, 0.4) is 0 Å². The van der Waals surface area contributed by atoms with E-state index in [2.05, 4.69) is 64.1 Å². The summed E-state index contributed by atoms with van der Waals surface area (Å²) in [6.45, 7) is 8.96.